The van der Waals surface area contributed by atoms with E-state index in [1.54, 1.807) is 0 Å². The summed E-state index contributed by atoms with van der Waals surface area (Å²) >= 11 is 0. The van der Waals surface area contributed by atoms with E-state index < -0.39 is 0 Å². The molecule has 0 spiro atoms. The van der Waals surface area contributed by atoms with Crippen LogP contribution in [0.3, 0.4) is 0 Å². The highest BCUT2D eigenvalue weighted by molar-refractivity contribution is 5.81. The summed E-state index contributed by atoms with van der Waals surface area (Å²) in [6.45, 7) is 12.5. The number of ether oxygens (including phenoxy) is 1. The fourth-order valence-corrected chi connectivity index (χ4v) is 4.96. The van der Waals surface area contributed by atoms with E-state index in [0.29, 0.717) is 30.7 Å². The molecule has 27 heavy (non-hydrogen) atoms. The van der Waals surface area contributed by atoms with Gasteiger partial charge in [-0.25, -0.2) is 0 Å². The van der Waals surface area contributed by atoms with Crippen LogP contribution in [0.1, 0.15) is 40.0 Å². The van der Waals surface area contributed by atoms with Crippen LogP contribution >= 0.6 is 0 Å². The Labute approximate surface area is 162 Å². The molecule has 2 aliphatic heterocycles. The van der Waals surface area contributed by atoms with E-state index in [1.165, 1.54) is 0 Å². The predicted octanol–water partition coefficient (Wildman–Crippen LogP) is 0.662. The third-order valence-corrected chi connectivity index (χ3v) is 6.67. The lowest BCUT2D eigenvalue weighted by atomic mass is 9.57. The molecule has 152 valence electrons. The van der Waals surface area contributed by atoms with E-state index in [2.05, 4.69) is 41.2 Å². The molecule has 3 atom stereocenters. The van der Waals surface area contributed by atoms with Gasteiger partial charge in [0.05, 0.1) is 12.6 Å². The standard InChI is InChI=1S/C20H35N5O2/c1-4-21-19(23-17-15-7-12-27-18(15)20(17,2)3)25-10-8-24(9-11-25)13-16(26)22-14-5-6-14/h14-15,17-18H,4-13H2,1-3H3,(H,21,23)(H,22,26). The largest absolute Gasteiger partial charge is 0.377 e. The molecule has 4 rings (SSSR count). The summed E-state index contributed by atoms with van der Waals surface area (Å²) in [5.41, 5.74) is 0.151. The van der Waals surface area contributed by atoms with Crippen molar-refractivity contribution < 1.29 is 9.53 Å². The summed E-state index contributed by atoms with van der Waals surface area (Å²) in [6.07, 6.45) is 3.83. The number of nitrogens with one attached hydrogen (secondary N) is 2. The number of piperazine rings is 1. The lowest BCUT2D eigenvalue weighted by Crippen LogP contribution is -2.68. The first-order valence-corrected chi connectivity index (χ1v) is 10.7. The van der Waals surface area contributed by atoms with Gasteiger partial charge in [-0.3, -0.25) is 14.7 Å². The molecule has 2 aliphatic carbocycles. The Kier molecular flexibility index (Phi) is 5.34. The summed E-state index contributed by atoms with van der Waals surface area (Å²) < 4.78 is 5.93. The molecule has 0 aromatic rings. The van der Waals surface area contributed by atoms with E-state index >= 15 is 0 Å². The molecular weight excluding hydrogens is 342 g/mol. The first kappa shape index (κ1) is 19.0. The highest BCUT2D eigenvalue weighted by Crippen LogP contribution is 2.52. The second-order valence-electron chi connectivity index (χ2n) is 9.09. The fourth-order valence-electron chi connectivity index (χ4n) is 4.96. The minimum absolute atomic E-state index is 0.151. The van der Waals surface area contributed by atoms with E-state index in [1.807, 2.05) is 0 Å². The molecule has 7 nitrogen and oxygen atoms in total. The number of carbonyl (C=O) groups excluding carboxylic acids is 1. The molecule has 0 bridgehead atoms. The van der Waals surface area contributed by atoms with Crippen LogP contribution in [0.4, 0.5) is 0 Å². The van der Waals surface area contributed by atoms with E-state index in [0.717, 1.165) is 64.6 Å². The summed E-state index contributed by atoms with van der Waals surface area (Å²) in [7, 11) is 0. The minimum Gasteiger partial charge on any atom is -0.377 e. The van der Waals surface area contributed by atoms with Crippen LogP contribution in [-0.2, 0) is 9.53 Å². The average Bonchev–Trinajstić information content (AvgIpc) is 3.32. The van der Waals surface area contributed by atoms with Crippen LogP contribution < -0.4 is 10.6 Å². The van der Waals surface area contributed by atoms with Crippen LogP contribution in [0.15, 0.2) is 4.99 Å². The average molecular weight is 378 g/mol. The number of rotatable bonds is 5. The van der Waals surface area contributed by atoms with Crippen LogP contribution in [0.5, 0.6) is 0 Å². The first-order chi connectivity index (χ1) is 13.0. The van der Waals surface area contributed by atoms with Gasteiger partial charge in [0, 0.05) is 62.7 Å². The number of hydrogen-bond acceptors (Lipinski definition) is 4. The molecule has 0 aromatic carbocycles. The number of amides is 1. The smallest absolute Gasteiger partial charge is 0.234 e. The highest BCUT2D eigenvalue weighted by Gasteiger charge is 2.59. The van der Waals surface area contributed by atoms with Gasteiger partial charge in [0.2, 0.25) is 5.91 Å². The first-order valence-electron chi connectivity index (χ1n) is 10.7. The second-order valence-corrected chi connectivity index (χ2v) is 9.09. The molecule has 2 heterocycles. The Morgan fingerprint density at radius 2 is 1.89 bits per heavy atom. The molecule has 0 radical (unpaired) electrons. The van der Waals surface area contributed by atoms with Crippen LogP contribution in [0.2, 0.25) is 0 Å². The van der Waals surface area contributed by atoms with Crippen molar-refractivity contribution in [2.45, 2.75) is 58.2 Å². The topological polar surface area (TPSA) is 69.2 Å². The molecule has 1 amide bonds. The lowest BCUT2D eigenvalue weighted by molar-refractivity contribution is -0.122. The quantitative estimate of drug-likeness (QED) is 0.544. The molecule has 7 heteroatoms. The van der Waals surface area contributed by atoms with Gasteiger partial charge in [-0.05, 0) is 26.2 Å². The van der Waals surface area contributed by atoms with Gasteiger partial charge in [-0.2, -0.15) is 0 Å². The summed E-state index contributed by atoms with van der Waals surface area (Å²) in [4.78, 5) is 21.4. The zero-order valence-corrected chi connectivity index (χ0v) is 17.0. The van der Waals surface area contributed by atoms with Crippen molar-refractivity contribution in [3.63, 3.8) is 0 Å². The fraction of sp³-hybridized carbons (Fsp3) is 0.900. The Bertz CT molecular complexity index is 581. The summed E-state index contributed by atoms with van der Waals surface area (Å²) in [5, 5.41) is 6.86. The SMILES string of the molecule is CCN=C(NC1C2CCOC2C1(C)C)N1CCN(CC(=O)NC2CC2)CC1. The Balaban J connectivity index is 1.30. The van der Waals surface area contributed by atoms with Gasteiger partial charge < -0.3 is 20.3 Å². The molecule has 2 N–H and O–H groups in total. The van der Waals surface area contributed by atoms with Crippen LogP contribution in [0, 0.1) is 11.3 Å². The van der Waals surface area contributed by atoms with Crippen molar-refractivity contribution in [3.05, 3.63) is 0 Å². The number of nitrogens with zero attached hydrogens (tertiary/aromatic N) is 3. The lowest BCUT2D eigenvalue weighted by Gasteiger charge is -2.55. The van der Waals surface area contributed by atoms with E-state index in [9.17, 15) is 4.79 Å². The molecular formula is C20H35N5O2. The maximum atomic E-state index is 12.0. The molecule has 4 fully saturated rings. The maximum absolute atomic E-state index is 12.0. The molecule has 0 aromatic heterocycles. The highest BCUT2D eigenvalue weighted by atomic mass is 16.5. The van der Waals surface area contributed by atoms with Gasteiger partial charge in [0.25, 0.3) is 0 Å². The van der Waals surface area contributed by atoms with Crippen LogP contribution in [0.25, 0.3) is 0 Å². The molecule has 2 saturated heterocycles. The van der Waals surface area contributed by atoms with Crippen molar-refractivity contribution in [1.82, 2.24) is 20.4 Å². The van der Waals surface area contributed by atoms with Crippen LogP contribution in [-0.4, -0.2) is 85.7 Å². The number of aliphatic imine (C=N–C) groups is 1. The summed E-state index contributed by atoms with van der Waals surface area (Å²) in [6, 6.07) is 0.873. The molecule has 4 aliphatic rings. The third-order valence-electron chi connectivity index (χ3n) is 6.67. The zero-order valence-electron chi connectivity index (χ0n) is 17.0. The van der Waals surface area contributed by atoms with E-state index in [-0.39, 0.29) is 11.3 Å². The Hall–Kier alpha value is -1.34. The van der Waals surface area contributed by atoms with Gasteiger partial charge >= 0.3 is 0 Å². The van der Waals surface area contributed by atoms with Gasteiger partial charge in [-0.15, -0.1) is 0 Å². The van der Waals surface area contributed by atoms with Crippen molar-refractivity contribution in [3.8, 4) is 0 Å². The number of hydrogen-bond donors (Lipinski definition) is 2. The number of fused-ring (bicyclic) bond motifs is 1. The van der Waals surface area contributed by atoms with E-state index in [4.69, 9.17) is 9.73 Å². The number of carbonyl (C=O) groups is 1. The molecule has 2 saturated carbocycles. The van der Waals surface area contributed by atoms with Gasteiger partial charge in [-0.1, -0.05) is 13.8 Å². The normalized spacial score (nSPS) is 33.4. The third kappa shape index (κ3) is 3.94. The van der Waals surface area contributed by atoms with Gasteiger partial charge in [0.15, 0.2) is 5.96 Å². The molecule has 3 unspecified atom stereocenters. The minimum atomic E-state index is 0.151. The monoisotopic (exact) mass is 377 g/mol. The van der Waals surface area contributed by atoms with Crippen molar-refractivity contribution in [2.75, 3.05) is 45.9 Å². The second kappa shape index (κ2) is 7.59. The van der Waals surface area contributed by atoms with Gasteiger partial charge in [0.1, 0.15) is 0 Å². The van der Waals surface area contributed by atoms with Crippen molar-refractivity contribution >= 4 is 11.9 Å². The predicted molar refractivity (Wildman–Crippen MR) is 106 cm³/mol. The summed E-state index contributed by atoms with van der Waals surface area (Å²) in [5.74, 6) is 1.81. The van der Waals surface area contributed by atoms with Crippen molar-refractivity contribution in [1.29, 1.82) is 0 Å². The maximum Gasteiger partial charge on any atom is 0.234 e. The number of guanidine groups is 1. The Morgan fingerprint density at radius 1 is 1.15 bits per heavy atom. The van der Waals surface area contributed by atoms with Crippen molar-refractivity contribution in [2.24, 2.45) is 16.3 Å². The Morgan fingerprint density at radius 3 is 2.56 bits per heavy atom. The zero-order chi connectivity index (χ0) is 19.0.